The van der Waals surface area contributed by atoms with Gasteiger partial charge >= 0.3 is 0 Å². The smallest absolute Gasteiger partial charge is 0.0776 e. The Morgan fingerprint density at radius 2 is 2.33 bits per heavy atom. The van der Waals surface area contributed by atoms with Crippen LogP contribution in [0.1, 0.15) is 18.4 Å². The molecule has 78 valence electrons. The van der Waals surface area contributed by atoms with Crippen molar-refractivity contribution in [3.63, 3.8) is 0 Å². The quantitative estimate of drug-likeness (QED) is 0.743. The summed E-state index contributed by atoms with van der Waals surface area (Å²) in [5.41, 5.74) is 2.52. The van der Waals surface area contributed by atoms with E-state index in [2.05, 4.69) is 28.4 Å². The third kappa shape index (κ3) is 1.26. The van der Waals surface area contributed by atoms with Gasteiger partial charge in [0.25, 0.3) is 0 Å². The fourth-order valence-electron chi connectivity index (χ4n) is 2.21. The topological polar surface area (TPSA) is 63.9 Å². The van der Waals surface area contributed by atoms with E-state index in [9.17, 15) is 0 Å². The molecule has 0 spiro atoms. The molecule has 1 saturated carbocycles. The highest BCUT2D eigenvalue weighted by molar-refractivity contribution is 5.82. The Bertz CT molecular complexity index is 487. The first kappa shape index (κ1) is 8.88. The van der Waals surface area contributed by atoms with Crippen molar-refractivity contribution in [2.75, 3.05) is 6.61 Å². The number of benzene rings is 1. The van der Waals surface area contributed by atoms with Crippen molar-refractivity contribution in [3.8, 4) is 0 Å². The largest absolute Gasteiger partial charge is 0.304 e. The lowest BCUT2D eigenvalue weighted by Crippen LogP contribution is -2.18. The summed E-state index contributed by atoms with van der Waals surface area (Å²) in [6, 6.07) is 6.25. The van der Waals surface area contributed by atoms with E-state index in [0.29, 0.717) is 6.61 Å². The molecule has 4 nitrogen and oxygen atoms in total. The Balaban J connectivity index is 2.14. The van der Waals surface area contributed by atoms with Crippen LogP contribution in [0, 0.1) is 0 Å². The molecule has 3 N–H and O–H groups in total. The van der Waals surface area contributed by atoms with Crippen LogP contribution in [-0.2, 0) is 10.3 Å². The Morgan fingerprint density at radius 1 is 1.47 bits per heavy atom. The maximum absolute atomic E-state index is 5.19. The molecule has 1 aromatic carbocycles. The number of nitrogens with two attached hydrogens (primary N) is 1. The van der Waals surface area contributed by atoms with Crippen LogP contribution in [0.2, 0.25) is 0 Å². The van der Waals surface area contributed by atoms with Crippen molar-refractivity contribution >= 4 is 10.9 Å². The summed E-state index contributed by atoms with van der Waals surface area (Å²) in [7, 11) is 0. The van der Waals surface area contributed by atoms with E-state index in [1.165, 1.54) is 5.56 Å². The molecule has 1 aliphatic carbocycles. The van der Waals surface area contributed by atoms with Gasteiger partial charge in [-0.05, 0) is 18.4 Å². The minimum atomic E-state index is 0.126. The van der Waals surface area contributed by atoms with Crippen molar-refractivity contribution in [3.05, 3.63) is 30.0 Å². The Labute approximate surface area is 87.4 Å². The first-order valence-electron chi connectivity index (χ1n) is 5.10. The number of para-hydroxylation sites is 1. The highest BCUT2D eigenvalue weighted by atomic mass is 16.6. The summed E-state index contributed by atoms with van der Waals surface area (Å²) >= 11 is 0. The lowest BCUT2D eigenvalue weighted by molar-refractivity contribution is 0.116. The average molecular weight is 203 g/mol. The van der Waals surface area contributed by atoms with Gasteiger partial charge < -0.3 is 4.84 Å². The molecule has 0 aliphatic heterocycles. The molecule has 0 amide bonds. The third-order valence-electron chi connectivity index (χ3n) is 3.26. The molecule has 0 saturated heterocycles. The molecule has 1 aromatic heterocycles. The number of aromatic amines is 1. The second kappa shape index (κ2) is 3.05. The summed E-state index contributed by atoms with van der Waals surface area (Å²) in [5, 5.41) is 8.26. The van der Waals surface area contributed by atoms with E-state index in [1.54, 1.807) is 0 Å². The standard InChI is InChI=1S/C11H13N3O/c12-15-7-11(4-5-11)9-3-1-2-8-6-13-14-10(8)9/h1-3,6H,4-5,7,12H2,(H,13,14). The van der Waals surface area contributed by atoms with Crippen LogP contribution in [-0.4, -0.2) is 16.8 Å². The van der Waals surface area contributed by atoms with Crippen LogP contribution < -0.4 is 5.90 Å². The van der Waals surface area contributed by atoms with E-state index in [1.807, 2.05) is 6.20 Å². The van der Waals surface area contributed by atoms with Gasteiger partial charge in [-0.1, -0.05) is 18.2 Å². The number of rotatable bonds is 3. The lowest BCUT2D eigenvalue weighted by Gasteiger charge is -2.14. The summed E-state index contributed by atoms with van der Waals surface area (Å²) in [6.45, 7) is 0.588. The normalized spacial score (nSPS) is 18.2. The second-order valence-corrected chi connectivity index (χ2v) is 4.23. The number of hydrogen-bond donors (Lipinski definition) is 2. The third-order valence-corrected chi connectivity index (χ3v) is 3.26. The zero-order chi connectivity index (χ0) is 10.3. The molecule has 1 aliphatic rings. The van der Waals surface area contributed by atoms with Crippen LogP contribution in [0.5, 0.6) is 0 Å². The first-order chi connectivity index (χ1) is 7.36. The maximum Gasteiger partial charge on any atom is 0.0776 e. The molecular formula is C11H13N3O. The average Bonchev–Trinajstić information content (AvgIpc) is 2.88. The molecule has 1 heterocycles. The van der Waals surface area contributed by atoms with Gasteiger partial charge in [-0.25, -0.2) is 5.90 Å². The predicted molar refractivity (Wildman–Crippen MR) is 57.1 cm³/mol. The monoisotopic (exact) mass is 203 g/mol. The van der Waals surface area contributed by atoms with Crippen LogP contribution in [0.3, 0.4) is 0 Å². The van der Waals surface area contributed by atoms with Gasteiger partial charge in [0.1, 0.15) is 0 Å². The number of nitrogens with zero attached hydrogens (tertiary/aromatic N) is 1. The van der Waals surface area contributed by atoms with Gasteiger partial charge in [0.05, 0.1) is 18.3 Å². The molecule has 0 radical (unpaired) electrons. The number of aromatic nitrogens is 2. The second-order valence-electron chi connectivity index (χ2n) is 4.23. The van der Waals surface area contributed by atoms with E-state index >= 15 is 0 Å². The van der Waals surface area contributed by atoms with Crippen molar-refractivity contribution < 1.29 is 4.84 Å². The Kier molecular flexibility index (Phi) is 1.81. The number of H-pyrrole nitrogens is 1. The predicted octanol–water partition coefficient (Wildman–Crippen LogP) is 1.48. The minimum Gasteiger partial charge on any atom is -0.304 e. The van der Waals surface area contributed by atoms with E-state index < -0.39 is 0 Å². The molecule has 0 unspecified atom stereocenters. The van der Waals surface area contributed by atoms with E-state index in [0.717, 1.165) is 23.7 Å². The van der Waals surface area contributed by atoms with Gasteiger partial charge in [-0.3, -0.25) is 5.10 Å². The summed E-state index contributed by atoms with van der Waals surface area (Å²) in [6.07, 6.45) is 4.13. The van der Waals surface area contributed by atoms with Gasteiger partial charge in [-0.15, -0.1) is 0 Å². The van der Waals surface area contributed by atoms with Gasteiger partial charge in [-0.2, -0.15) is 5.10 Å². The van der Waals surface area contributed by atoms with Crippen LogP contribution in [0.25, 0.3) is 10.9 Å². The molecular weight excluding hydrogens is 190 g/mol. The number of hydrogen-bond acceptors (Lipinski definition) is 3. The van der Waals surface area contributed by atoms with Gasteiger partial charge in [0.15, 0.2) is 0 Å². The lowest BCUT2D eigenvalue weighted by atomic mass is 9.95. The molecule has 15 heavy (non-hydrogen) atoms. The highest BCUT2D eigenvalue weighted by Gasteiger charge is 2.45. The van der Waals surface area contributed by atoms with E-state index in [4.69, 9.17) is 10.7 Å². The van der Waals surface area contributed by atoms with Gasteiger partial charge in [0.2, 0.25) is 0 Å². The molecule has 0 atom stereocenters. The van der Waals surface area contributed by atoms with E-state index in [-0.39, 0.29) is 5.41 Å². The summed E-state index contributed by atoms with van der Waals surface area (Å²) in [4.78, 5) is 4.81. The molecule has 2 aromatic rings. The van der Waals surface area contributed by atoms with Crippen molar-refractivity contribution in [2.24, 2.45) is 5.90 Å². The van der Waals surface area contributed by atoms with Crippen molar-refractivity contribution in [1.82, 2.24) is 10.2 Å². The molecule has 4 heteroatoms. The molecule has 3 rings (SSSR count). The van der Waals surface area contributed by atoms with Crippen LogP contribution in [0.4, 0.5) is 0 Å². The summed E-state index contributed by atoms with van der Waals surface area (Å²) in [5.74, 6) is 5.19. The van der Waals surface area contributed by atoms with Crippen molar-refractivity contribution in [2.45, 2.75) is 18.3 Å². The van der Waals surface area contributed by atoms with Crippen molar-refractivity contribution in [1.29, 1.82) is 0 Å². The number of nitrogens with one attached hydrogen (secondary N) is 1. The Hall–Kier alpha value is -1.39. The molecule has 1 fully saturated rings. The zero-order valence-corrected chi connectivity index (χ0v) is 8.36. The van der Waals surface area contributed by atoms with Crippen LogP contribution in [0.15, 0.2) is 24.4 Å². The fourth-order valence-corrected chi connectivity index (χ4v) is 2.21. The molecule has 0 bridgehead atoms. The Morgan fingerprint density at radius 3 is 3.07 bits per heavy atom. The fraction of sp³-hybridized carbons (Fsp3) is 0.364. The maximum atomic E-state index is 5.19. The van der Waals surface area contributed by atoms with Gasteiger partial charge in [0, 0.05) is 10.8 Å². The number of fused-ring (bicyclic) bond motifs is 1. The first-order valence-corrected chi connectivity index (χ1v) is 5.10. The minimum absolute atomic E-state index is 0.126. The SMILES string of the molecule is NOCC1(c2cccc3cn[nH]c23)CC1. The highest BCUT2D eigenvalue weighted by Crippen LogP contribution is 2.49. The zero-order valence-electron chi connectivity index (χ0n) is 8.36. The van der Waals surface area contributed by atoms with Crippen LogP contribution >= 0.6 is 0 Å². The summed E-state index contributed by atoms with van der Waals surface area (Å²) < 4.78 is 0.